The summed E-state index contributed by atoms with van der Waals surface area (Å²) >= 11 is 1.80. The van der Waals surface area contributed by atoms with E-state index in [-0.39, 0.29) is 0 Å². The number of rotatable bonds is 6. The van der Waals surface area contributed by atoms with Crippen molar-refractivity contribution in [3.05, 3.63) is 163 Å². The fourth-order valence-electron chi connectivity index (χ4n) is 6.27. The Morgan fingerprint density at radius 3 is 1.64 bits per heavy atom. The quantitative estimate of drug-likeness (QED) is 0.208. The Balaban J connectivity index is 1.36. The van der Waals surface area contributed by atoms with Gasteiger partial charge in [0.25, 0.3) is 0 Å². The zero-order valence-corrected chi connectivity index (χ0v) is 24.8. The highest BCUT2D eigenvalue weighted by Gasteiger charge is 2.22. The Hall–Kier alpha value is -5.51. The molecule has 0 aliphatic heterocycles. The normalized spacial score (nSPS) is 11.2. The molecule has 44 heavy (non-hydrogen) atoms. The van der Waals surface area contributed by atoms with Crippen molar-refractivity contribution in [2.24, 2.45) is 0 Å². The number of nitrogens with zero attached hydrogens (tertiary/aromatic N) is 1. The molecular formula is C41H28N2S. The largest absolute Gasteiger partial charge is 0.360 e. The van der Waals surface area contributed by atoms with Crippen molar-refractivity contribution in [3.8, 4) is 66.2 Å². The molecule has 8 rings (SSSR count). The molecule has 0 spiro atoms. The van der Waals surface area contributed by atoms with Crippen LogP contribution >= 0.6 is 11.3 Å². The highest BCUT2D eigenvalue weighted by atomic mass is 32.1. The van der Waals surface area contributed by atoms with E-state index >= 15 is 0 Å². The molecule has 0 unspecified atom stereocenters. The molecule has 2 nitrogen and oxygen atoms in total. The predicted molar refractivity (Wildman–Crippen MR) is 187 cm³/mol. The third-order valence-electron chi connectivity index (χ3n) is 8.30. The zero-order valence-electron chi connectivity index (χ0n) is 23.9. The van der Waals surface area contributed by atoms with Gasteiger partial charge in [0.05, 0.1) is 5.69 Å². The van der Waals surface area contributed by atoms with E-state index in [4.69, 9.17) is 0 Å². The molecule has 3 aromatic heterocycles. The van der Waals surface area contributed by atoms with E-state index in [1.807, 2.05) is 12.4 Å². The van der Waals surface area contributed by atoms with Crippen LogP contribution in [0.1, 0.15) is 0 Å². The van der Waals surface area contributed by atoms with Gasteiger partial charge in [0.15, 0.2) is 0 Å². The third-order valence-corrected chi connectivity index (χ3v) is 9.31. The summed E-state index contributed by atoms with van der Waals surface area (Å²) < 4.78 is 0. The van der Waals surface area contributed by atoms with Crippen LogP contribution < -0.4 is 0 Å². The molecule has 208 valence electrons. The number of fused-ring (bicyclic) bond motifs is 1. The van der Waals surface area contributed by atoms with E-state index in [2.05, 4.69) is 161 Å². The van der Waals surface area contributed by atoms with Crippen molar-refractivity contribution in [3.63, 3.8) is 0 Å². The van der Waals surface area contributed by atoms with Crippen molar-refractivity contribution in [1.29, 1.82) is 0 Å². The molecule has 0 radical (unpaired) electrons. The lowest BCUT2D eigenvalue weighted by molar-refractivity contribution is 1.36. The molecule has 0 saturated carbocycles. The Morgan fingerprint density at radius 1 is 0.455 bits per heavy atom. The van der Waals surface area contributed by atoms with E-state index in [1.165, 1.54) is 60.3 Å². The number of nitrogens with one attached hydrogen (secondary N) is 1. The first kappa shape index (κ1) is 26.1. The second-order valence-corrected chi connectivity index (χ2v) is 11.7. The van der Waals surface area contributed by atoms with Gasteiger partial charge in [0, 0.05) is 62.2 Å². The first-order valence-corrected chi connectivity index (χ1v) is 15.7. The number of aromatic amines is 1. The molecule has 0 fully saturated rings. The lowest BCUT2D eigenvalue weighted by Crippen LogP contribution is -1.90. The van der Waals surface area contributed by atoms with E-state index in [0.717, 1.165) is 16.6 Å². The van der Waals surface area contributed by atoms with Gasteiger partial charge >= 0.3 is 0 Å². The molecule has 1 N–H and O–H groups in total. The van der Waals surface area contributed by atoms with Crippen molar-refractivity contribution >= 4 is 22.1 Å². The van der Waals surface area contributed by atoms with Gasteiger partial charge in [-0.25, -0.2) is 0 Å². The molecule has 0 saturated heterocycles. The number of aromatic nitrogens is 2. The summed E-state index contributed by atoms with van der Waals surface area (Å²) in [6.07, 6.45) is 6.07. The van der Waals surface area contributed by atoms with Gasteiger partial charge in [0.1, 0.15) is 0 Å². The Bertz CT molecular complexity index is 2040. The van der Waals surface area contributed by atoms with Gasteiger partial charge in [-0.05, 0) is 39.1 Å². The van der Waals surface area contributed by atoms with Crippen molar-refractivity contribution in [1.82, 2.24) is 9.97 Å². The van der Waals surface area contributed by atoms with Crippen LogP contribution in [0, 0.1) is 0 Å². The maximum absolute atomic E-state index is 4.63. The Morgan fingerprint density at radius 2 is 1.00 bits per heavy atom. The van der Waals surface area contributed by atoms with Crippen LogP contribution in [0.15, 0.2) is 163 Å². The van der Waals surface area contributed by atoms with Crippen molar-refractivity contribution in [2.45, 2.75) is 0 Å². The van der Waals surface area contributed by atoms with Crippen LogP contribution in [0.5, 0.6) is 0 Å². The summed E-state index contributed by atoms with van der Waals surface area (Å²) in [6, 6.07) is 49.4. The van der Waals surface area contributed by atoms with Gasteiger partial charge in [-0.1, -0.05) is 133 Å². The SMILES string of the molecule is c1ccc(-c2c[nH]c(-c3ccc(-c4scc(-c5ccccc5)c4-c4ccccc4)c4cnccc34)c2-c2ccccc2)cc1. The smallest absolute Gasteiger partial charge is 0.0546 e. The second-order valence-electron chi connectivity index (χ2n) is 10.9. The molecule has 8 aromatic rings. The monoisotopic (exact) mass is 580 g/mol. The topological polar surface area (TPSA) is 28.7 Å². The average molecular weight is 581 g/mol. The molecule has 0 aliphatic rings. The molecular weight excluding hydrogens is 553 g/mol. The fraction of sp³-hybridized carbons (Fsp3) is 0. The van der Waals surface area contributed by atoms with Crippen molar-refractivity contribution in [2.75, 3.05) is 0 Å². The van der Waals surface area contributed by atoms with Crippen LogP contribution in [0.25, 0.3) is 77.0 Å². The molecule has 5 aromatic carbocycles. The van der Waals surface area contributed by atoms with Gasteiger partial charge < -0.3 is 4.98 Å². The lowest BCUT2D eigenvalue weighted by Gasteiger charge is -2.15. The second kappa shape index (κ2) is 11.3. The van der Waals surface area contributed by atoms with Gasteiger partial charge in [-0.15, -0.1) is 11.3 Å². The van der Waals surface area contributed by atoms with E-state index in [0.29, 0.717) is 0 Å². The summed E-state index contributed by atoms with van der Waals surface area (Å²) in [7, 11) is 0. The van der Waals surface area contributed by atoms with Crippen molar-refractivity contribution < 1.29 is 0 Å². The molecule has 0 amide bonds. The third kappa shape index (κ3) is 4.55. The number of benzene rings is 5. The van der Waals surface area contributed by atoms with E-state index < -0.39 is 0 Å². The van der Waals surface area contributed by atoms with E-state index in [9.17, 15) is 0 Å². The average Bonchev–Trinajstić information content (AvgIpc) is 3.75. The van der Waals surface area contributed by atoms with Crippen LogP contribution in [0.2, 0.25) is 0 Å². The highest BCUT2D eigenvalue weighted by Crippen LogP contribution is 2.48. The first-order chi connectivity index (χ1) is 21.9. The summed E-state index contributed by atoms with van der Waals surface area (Å²) in [5.41, 5.74) is 13.2. The van der Waals surface area contributed by atoms with E-state index in [1.54, 1.807) is 11.3 Å². The molecule has 0 bridgehead atoms. The minimum absolute atomic E-state index is 1.11. The van der Waals surface area contributed by atoms with Gasteiger partial charge in [-0.3, -0.25) is 4.98 Å². The molecule has 0 atom stereocenters. The number of hydrogen-bond acceptors (Lipinski definition) is 2. The number of H-pyrrole nitrogens is 1. The summed E-state index contributed by atoms with van der Waals surface area (Å²) in [4.78, 5) is 9.56. The molecule has 3 heteroatoms. The maximum atomic E-state index is 4.63. The van der Waals surface area contributed by atoms with Crippen LogP contribution in [0.3, 0.4) is 0 Å². The lowest BCUT2D eigenvalue weighted by atomic mass is 9.90. The first-order valence-electron chi connectivity index (χ1n) is 14.8. The Labute approximate surface area is 261 Å². The number of hydrogen-bond donors (Lipinski definition) is 1. The maximum Gasteiger partial charge on any atom is 0.0546 e. The number of pyridine rings is 1. The standard InChI is InChI=1S/C41H28N2S/c1-5-13-28(14-6-1)35-26-43-40(38(35)30-17-9-3-10-18-30)33-21-22-34(36-25-42-24-23-32(33)36)41-39(31-19-11-4-12-20-31)37(27-44-41)29-15-7-2-8-16-29/h1-27,43H. The minimum atomic E-state index is 1.11. The Kier molecular flexibility index (Phi) is 6.71. The van der Waals surface area contributed by atoms with Gasteiger partial charge in [0.2, 0.25) is 0 Å². The zero-order chi connectivity index (χ0) is 29.3. The van der Waals surface area contributed by atoms with Gasteiger partial charge in [-0.2, -0.15) is 0 Å². The summed E-state index contributed by atoms with van der Waals surface area (Å²) in [6.45, 7) is 0. The minimum Gasteiger partial charge on any atom is -0.360 e. The molecule has 0 aliphatic carbocycles. The highest BCUT2D eigenvalue weighted by molar-refractivity contribution is 7.15. The summed E-state index contributed by atoms with van der Waals surface area (Å²) in [5, 5.41) is 4.61. The van der Waals surface area contributed by atoms with Crippen LogP contribution in [0.4, 0.5) is 0 Å². The fourth-order valence-corrected chi connectivity index (χ4v) is 7.41. The predicted octanol–water partition coefficient (Wildman–Crippen LogP) is 11.6. The summed E-state index contributed by atoms with van der Waals surface area (Å²) in [5.74, 6) is 0. The molecule has 3 heterocycles. The number of thiophene rings is 1. The van der Waals surface area contributed by atoms with Crippen LogP contribution in [-0.2, 0) is 0 Å². The van der Waals surface area contributed by atoms with Crippen LogP contribution in [-0.4, -0.2) is 9.97 Å².